The average Bonchev–Trinajstić information content (AvgIpc) is 2.72. The van der Waals surface area contributed by atoms with Crippen LogP contribution in [0.4, 0.5) is 11.4 Å². The van der Waals surface area contributed by atoms with E-state index in [2.05, 4.69) is 26.0 Å². The van der Waals surface area contributed by atoms with E-state index in [0.717, 1.165) is 20.6 Å². The minimum atomic E-state index is -3.80. The van der Waals surface area contributed by atoms with Crippen LogP contribution in [0.5, 0.6) is 0 Å². The van der Waals surface area contributed by atoms with Crippen molar-refractivity contribution in [3.05, 3.63) is 57.6 Å². The van der Waals surface area contributed by atoms with Crippen molar-refractivity contribution in [3.8, 4) is 0 Å². The number of anilines is 2. The molecule has 1 N–H and O–H groups in total. The highest BCUT2D eigenvalue weighted by atomic mass is 79.9. The second-order valence-corrected chi connectivity index (χ2v) is 9.26. The van der Waals surface area contributed by atoms with Crippen LogP contribution in [0.15, 0.2) is 40.9 Å². The van der Waals surface area contributed by atoms with Gasteiger partial charge in [0.2, 0.25) is 15.9 Å². The Morgan fingerprint density at radius 3 is 2.23 bits per heavy atom. The number of methoxy groups -OCH3 is 2. The van der Waals surface area contributed by atoms with Gasteiger partial charge in [-0.2, -0.15) is 0 Å². The van der Waals surface area contributed by atoms with E-state index in [1.54, 1.807) is 25.1 Å². The lowest BCUT2D eigenvalue weighted by atomic mass is 10.1. The highest BCUT2D eigenvalue weighted by Crippen LogP contribution is 2.25. The first kappa shape index (κ1) is 24.4. The molecule has 0 aromatic heterocycles. The topological polar surface area (TPSA) is 119 Å². The molecule has 0 saturated heterocycles. The fourth-order valence-electron chi connectivity index (χ4n) is 2.68. The Morgan fingerprint density at radius 2 is 1.68 bits per heavy atom. The predicted molar refractivity (Wildman–Crippen MR) is 119 cm³/mol. The summed E-state index contributed by atoms with van der Waals surface area (Å²) in [5, 5.41) is 2.48. The lowest BCUT2D eigenvalue weighted by Gasteiger charge is -2.23. The summed E-state index contributed by atoms with van der Waals surface area (Å²) in [7, 11) is -1.44. The smallest absolute Gasteiger partial charge is 0.339 e. The Labute approximate surface area is 188 Å². The molecule has 0 aliphatic heterocycles. The van der Waals surface area contributed by atoms with Crippen LogP contribution >= 0.6 is 15.9 Å². The monoisotopic (exact) mass is 512 g/mol. The molecule has 2 aromatic rings. The molecule has 0 heterocycles. The van der Waals surface area contributed by atoms with Crippen LogP contribution in [0.1, 0.15) is 26.3 Å². The van der Waals surface area contributed by atoms with Crippen LogP contribution < -0.4 is 9.62 Å². The van der Waals surface area contributed by atoms with Crippen LogP contribution in [-0.2, 0) is 24.3 Å². The quantitative estimate of drug-likeness (QED) is 0.566. The predicted octanol–water partition coefficient (Wildman–Crippen LogP) is 2.74. The fourth-order valence-corrected chi connectivity index (χ4v) is 3.78. The highest BCUT2D eigenvalue weighted by Gasteiger charge is 2.23. The molecule has 2 rings (SSSR count). The second-order valence-electron chi connectivity index (χ2n) is 6.49. The van der Waals surface area contributed by atoms with E-state index in [4.69, 9.17) is 4.74 Å². The molecular formula is C20H21BrN2O7S. The van der Waals surface area contributed by atoms with Gasteiger partial charge in [0.25, 0.3) is 0 Å². The maximum atomic E-state index is 12.7. The Kier molecular flexibility index (Phi) is 7.80. The Hall–Kier alpha value is -2.92. The number of hydrogen-bond acceptors (Lipinski definition) is 7. The highest BCUT2D eigenvalue weighted by molar-refractivity contribution is 9.10. The maximum absolute atomic E-state index is 12.7. The van der Waals surface area contributed by atoms with Crippen LogP contribution in [0.3, 0.4) is 0 Å². The number of esters is 2. The van der Waals surface area contributed by atoms with Crippen molar-refractivity contribution in [1.82, 2.24) is 0 Å². The zero-order chi connectivity index (χ0) is 23.3. The molecule has 1 amide bonds. The minimum Gasteiger partial charge on any atom is -0.465 e. The molecule has 0 atom stereocenters. The zero-order valence-electron chi connectivity index (χ0n) is 17.3. The fraction of sp³-hybridized carbons (Fsp3) is 0.250. The Morgan fingerprint density at radius 1 is 1.03 bits per heavy atom. The van der Waals surface area contributed by atoms with Crippen molar-refractivity contribution < 1.29 is 32.3 Å². The lowest BCUT2D eigenvalue weighted by molar-refractivity contribution is -0.114. The summed E-state index contributed by atoms with van der Waals surface area (Å²) in [5.41, 5.74) is 1.16. The van der Waals surface area contributed by atoms with Gasteiger partial charge in [-0.25, -0.2) is 18.0 Å². The summed E-state index contributed by atoms with van der Waals surface area (Å²) in [6.45, 7) is 1.23. The molecule has 31 heavy (non-hydrogen) atoms. The summed E-state index contributed by atoms with van der Waals surface area (Å²) < 4.78 is 35.7. The van der Waals surface area contributed by atoms with E-state index in [9.17, 15) is 22.8 Å². The van der Waals surface area contributed by atoms with Gasteiger partial charge in [0, 0.05) is 4.47 Å². The van der Waals surface area contributed by atoms with E-state index in [0.29, 0.717) is 5.69 Å². The molecule has 11 heteroatoms. The summed E-state index contributed by atoms with van der Waals surface area (Å²) in [4.78, 5) is 36.6. The molecule has 0 aliphatic carbocycles. The zero-order valence-corrected chi connectivity index (χ0v) is 19.7. The van der Waals surface area contributed by atoms with Crippen LogP contribution in [0.2, 0.25) is 0 Å². The van der Waals surface area contributed by atoms with E-state index >= 15 is 0 Å². The van der Waals surface area contributed by atoms with Gasteiger partial charge < -0.3 is 14.8 Å². The molecule has 0 unspecified atom stereocenters. The van der Waals surface area contributed by atoms with Gasteiger partial charge in [0.05, 0.1) is 43.0 Å². The number of sulfonamides is 1. The van der Waals surface area contributed by atoms with Crippen LogP contribution in [-0.4, -0.2) is 53.3 Å². The molecule has 0 bridgehead atoms. The summed E-state index contributed by atoms with van der Waals surface area (Å²) in [6.07, 6.45) is 0.982. The first-order chi connectivity index (χ1) is 14.5. The number of rotatable bonds is 7. The molecular weight excluding hydrogens is 492 g/mol. The van der Waals surface area contributed by atoms with E-state index < -0.39 is 34.4 Å². The number of nitrogens with zero attached hydrogens (tertiary/aromatic N) is 1. The third-order valence-corrected chi connectivity index (χ3v) is 6.27. The Bertz CT molecular complexity index is 1130. The first-order valence-corrected chi connectivity index (χ1v) is 11.5. The molecule has 166 valence electrons. The molecule has 9 nitrogen and oxygen atoms in total. The maximum Gasteiger partial charge on any atom is 0.339 e. The van der Waals surface area contributed by atoms with Crippen molar-refractivity contribution in [2.75, 3.05) is 36.6 Å². The van der Waals surface area contributed by atoms with Crippen LogP contribution in [0.25, 0.3) is 0 Å². The van der Waals surface area contributed by atoms with Crippen molar-refractivity contribution in [2.24, 2.45) is 0 Å². The number of benzene rings is 2. The molecule has 0 fully saturated rings. The number of ether oxygens (including phenoxy) is 2. The minimum absolute atomic E-state index is 0.00565. The molecule has 0 saturated carbocycles. The van der Waals surface area contributed by atoms with Gasteiger partial charge >= 0.3 is 11.9 Å². The molecule has 0 radical (unpaired) electrons. The second kappa shape index (κ2) is 9.92. The molecule has 0 spiro atoms. The largest absolute Gasteiger partial charge is 0.465 e. The van der Waals surface area contributed by atoms with Gasteiger partial charge in [-0.05, 0) is 48.9 Å². The van der Waals surface area contributed by atoms with Crippen LogP contribution in [0, 0.1) is 6.92 Å². The third-order valence-electron chi connectivity index (χ3n) is 4.24. The van der Waals surface area contributed by atoms with E-state index in [1.807, 2.05) is 0 Å². The first-order valence-electron chi connectivity index (χ1n) is 8.82. The molecule has 0 aliphatic rings. The Balaban J connectivity index is 2.38. The summed E-state index contributed by atoms with van der Waals surface area (Å²) >= 11 is 3.35. The summed E-state index contributed by atoms with van der Waals surface area (Å²) in [6, 6.07) is 8.76. The molecule has 2 aromatic carbocycles. The third kappa shape index (κ3) is 6.05. The van der Waals surface area contributed by atoms with Gasteiger partial charge in [-0.1, -0.05) is 15.9 Å². The number of carbonyl (C=O) groups excluding carboxylic acids is 3. The van der Waals surface area contributed by atoms with Gasteiger partial charge in [0.15, 0.2) is 0 Å². The van der Waals surface area contributed by atoms with Crippen molar-refractivity contribution in [3.63, 3.8) is 0 Å². The SMILES string of the molecule is COC(=O)c1ccc(C(=O)OC)c(NC(=O)CN(c2ccc(Br)c(C)c2)S(C)(=O)=O)c1. The van der Waals surface area contributed by atoms with Crippen molar-refractivity contribution in [1.29, 1.82) is 0 Å². The number of amides is 1. The van der Waals surface area contributed by atoms with Crippen molar-refractivity contribution >= 4 is 55.2 Å². The number of aryl methyl sites for hydroxylation is 1. The standard InChI is InChI=1S/C20H21BrN2O7S/c1-12-9-14(6-8-16(12)21)23(31(4,27)28)11-18(24)22-17-10-13(19(25)29-2)5-7-15(17)20(26)30-3/h5-10H,11H2,1-4H3,(H,22,24). The van der Waals surface area contributed by atoms with E-state index in [-0.39, 0.29) is 16.8 Å². The summed E-state index contributed by atoms with van der Waals surface area (Å²) in [5.74, 6) is -2.14. The average molecular weight is 513 g/mol. The van der Waals surface area contributed by atoms with Gasteiger partial charge in [0.1, 0.15) is 6.54 Å². The number of halogens is 1. The van der Waals surface area contributed by atoms with E-state index in [1.165, 1.54) is 32.4 Å². The van der Waals surface area contributed by atoms with Crippen molar-refractivity contribution in [2.45, 2.75) is 6.92 Å². The number of carbonyl (C=O) groups is 3. The number of nitrogens with one attached hydrogen (secondary N) is 1. The normalized spacial score (nSPS) is 10.9. The van der Waals surface area contributed by atoms with Gasteiger partial charge in [-0.15, -0.1) is 0 Å². The van der Waals surface area contributed by atoms with Gasteiger partial charge in [-0.3, -0.25) is 9.10 Å². The number of hydrogen-bond donors (Lipinski definition) is 1. The lowest BCUT2D eigenvalue weighted by Crippen LogP contribution is -2.37.